The first-order chi connectivity index (χ1) is 13.6. The summed E-state index contributed by atoms with van der Waals surface area (Å²) in [6, 6.07) is 6.96. The number of hydrogen-bond acceptors (Lipinski definition) is 5. The van der Waals surface area contributed by atoms with Gasteiger partial charge in [0.05, 0.1) is 25.9 Å². The molecule has 0 aliphatic carbocycles. The molecule has 2 aromatic rings. The van der Waals surface area contributed by atoms with Crippen LogP contribution >= 0.6 is 0 Å². The van der Waals surface area contributed by atoms with Gasteiger partial charge in [-0.15, -0.1) is 0 Å². The number of aromatic amines is 1. The van der Waals surface area contributed by atoms with Gasteiger partial charge in [-0.25, -0.2) is 4.98 Å². The number of nitrogens with zero attached hydrogens (tertiary/aromatic N) is 3. The van der Waals surface area contributed by atoms with Crippen LogP contribution in [0, 0.1) is 0 Å². The second-order valence-corrected chi connectivity index (χ2v) is 7.22. The quantitative estimate of drug-likeness (QED) is 0.868. The number of methoxy groups -OCH3 is 1. The van der Waals surface area contributed by atoms with Crippen molar-refractivity contribution in [2.45, 2.75) is 18.4 Å². The van der Waals surface area contributed by atoms with Crippen molar-refractivity contribution in [2.24, 2.45) is 0 Å². The third-order valence-corrected chi connectivity index (χ3v) is 5.52. The normalized spacial score (nSPS) is 18.9. The minimum atomic E-state index is -0.391. The van der Waals surface area contributed by atoms with Gasteiger partial charge in [-0.05, 0) is 31.0 Å². The van der Waals surface area contributed by atoms with E-state index < -0.39 is 5.60 Å². The Morgan fingerprint density at radius 2 is 2.00 bits per heavy atom. The molecular formula is C20H24N4O4. The van der Waals surface area contributed by atoms with E-state index in [1.54, 1.807) is 30.6 Å². The molecule has 28 heavy (non-hydrogen) atoms. The second kappa shape index (κ2) is 7.63. The lowest BCUT2D eigenvalue weighted by atomic mass is 9.89. The average molecular weight is 384 g/mol. The maximum absolute atomic E-state index is 12.9. The highest BCUT2D eigenvalue weighted by Gasteiger charge is 2.42. The van der Waals surface area contributed by atoms with Crippen LogP contribution in [0.5, 0.6) is 5.88 Å². The summed E-state index contributed by atoms with van der Waals surface area (Å²) in [6.45, 7) is 2.81. The Bertz CT molecular complexity index is 844. The van der Waals surface area contributed by atoms with Crippen LogP contribution < -0.4 is 4.74 Å². The van der Waals surface area contributed by atoms with Crippen molar-refractivity contribution >= 4 is 11.8 Å². The van der Waals surface area contributed by atoms with E-state index in [-0.39, 0.29) is 11.8 Å². The van der Waals surface area contributed by atoms with Gasteiger partial charge in [-0.2, -0.15) is 0 Å². The average Bonchev–Trinajstić information content (AvgIpc) is 3.28. The van der Waals surface area contributed by atoms with Gasteiger partial charge in [0.2, 0.25) is 5.88 Å². The summed E-state index contributed by atoms with van der Waals surface area (Å²) >= 11 is 0. The number of morpholine rings is 1. The zero-order chi connectivity index (χ0) is 19.6. The van der Waals surface area contributed by atoms with Crippen LogP contribution in [0.15, 0.2) is 36.7 Å². The first-order valence-corrected chi connectivity index (χ1v) is 9.46. The third kappa shape index (κ3) is 3.60. The number of amides is 2. The molecule has 4 rings (SSSR count). The van der Waals surface area contributed by atoms with E-state index in [0.717, 1.165) is 0 Å². The Kier molecular flexibility index (Phi) is 5.04. The summed E-state index contributed by atoms with van der Waals surface area (Å²) in [5.41, 5.74) is 0.768. The van der Waals surface area contributed by atoms with Crippen LogP contribution in [0.2, 0.25) is 0 Å². The lowest BCUT2D eigenvalue weighted by molar-refractivity contribution is -0.123. The van der Waals surface area contributed by atoms with E-state index in [1.807, 2.05) is 15.9 Å². The molecule has 0 saturated carbocycles. The minimum Gasteiger partial charge on any atom is -0.481 e. The molecule has 148 valence electrons. The Hall–Kier alpha value is -2.87. The van der Waals surface area contributed by atoms with E-state index in [9.17, 15) is 9.59 Å². The van der Waals surface area contributed by atoms with Crippen LogP contribution in [-0.2, 0) is 4.74 Å². The summed E-state index contributed by atoms with van der Waals surface area (Å²) in [4.78, 5) is 36.2. The van der Waals surface area contributed by atoms with Gasteiger partial charge in [0.25, 0.3) is 11.8 Å². The van der Waals surface area contributed by atoms with E-state index in [1.165, 1.54) is 7.11 Å². The standard InChI is InChI=1S/C20H24N4O4/c1-27-17-13-15(4-8-22-17)18(25)24-11-12-28-20(14-24)5-9-23(10-6-20)19(26)16-3-2-7-21-16/h2-4,7-8,13,21H,5-6,9-12,14H2,1H3. The summed E-state index contributed by atoms with van der Waals surface area (Å²) in [5.74, 6) is 0.380. The van der Waals surface area contributed by atoms with Gasteiger partial charge < -0.3 is 24.3 Å². The number of rotatable bonds is 3. The molecule has 2 aliphatic heterocycles. The molecular weight excluding hydrogens is 360 g/mol. The fourth-order valence-electron chi connectivity index (χ4n) is 3.91. The van der Waals surface area contributed by atoms with Crippen LogP contribution in [0.3, 0.4) is 0 Å². The molecule has 0 aromatic carbocycles. The monoisotopic (exact) mass is 384 g/mol. The number of nitrogens with one attached hydrogen (secondary N) is 1. The largest absolute Gasteiger partial charge is 0.481 e. The fourth-order valence-corrected chi connectivity index (χ4v) is 3.91. The molecule has 2 saturated heterocycles. The van der Waals surface area contributed by atoms with Crippen molar-refractivity contribution < 1.29 is 19.1 Å². The van der Waals surface area contributed by atoms with Gasteiger partial charge in [-0.3, -0.25) is 9.59 Å². The molecule has 2 fully saturated rings. The Morgan fingerprint density at radius 3 is 2.71 bits per heavy atom. The lowest BCUT2D eigenvalue weighted by Crippen LogP contribution is -2.58. The van der Waals surface area contributed by atoms with Crippen LogP contribution in [-0.4, -0.2) is 77.1 Å². The highest BCUT2D eigenvalue weighted by Crippen LogP contribution is 2.31. The highest BCUT2D eigenvalue weighted by molar-refractivity contribution is 5.94. The molecule has 0 unspecified atom stereocenters. The molecule has 8 nitrogen and oxygen atoms in total. The molecule has 1 N–H and O–H groups in total. The zero-order valence-electron chi connectivity index (χ0n) is 15.9. The number of aromatic nitrogens is 2. The van der Waals surface area contributed by atoms with Gasteiger partial charge in [-0.1, -0.05) is 0 Å². The van der Waals surface area contributed by atoms with Gasteiger partial charge in [0.15, 0.2) is 0 Å². The Morgan fingerprint density at radius 1 is 1.18 bits per heavy atom. The van der Waals surface area contributed by atoms with Crippen LogP contribution in [0.25, 0.3) is 0 Å². The number of carbonyl (C=O) groups is 2. The number of pyridine rings is 1. The number of H-pyrrole nitrogens is 1. The summed E-state index contributed by atoms with van der Waals surface area (Å²) < 4.78 is 11.2. The van der Waals surface area contributed by atoms with Crippen molar-refractivity contribution in [3.63, 3.8) is 0 Å². The van der Waals surface area contributed by atoms with E-state index in [0.29, 0.717) is 62.8 Å². The fraction of sp³-hybridized carbons (Fsp3) is 0.450. The predicted molar refractivity (Wildman–Crippen MR) is 101 cm³/mol. The summed E-state index contributed by atoms with van der Waals surface area (Å²) in [5, 5.41) is 0. The van der Waals surface area contributed by atoms with Crippen molar-refractivity contribution in [3.8, 4) is 5.88 Å². The number of hydrogen-bond donors (Lipinski definition) is 1. The maximum Gasteiger partial charge on any atom is 0.270 e. The molecule has 2 amide bonds. The van der Waals surface area contributed by atoms with Gasteiger partial charge >= 0.3 is 0 Å². The van der Waals surface area contributed by atoms with Gasteiger partial charge in [0.1, 0.15) is 5.69 Å². The van der Waals surface area contributed by atoms with E-state index in [4.69, 9.17) is 9.47 Å². The molecule has 2 aliphatic rings. The van der Waals surface area contributed by atoms with Crippen molar-refractivity contribution in [2.75, 3.05) is 39.9 Å². The maximum atomic E-state index is 12.9. The van der Waals surface area contributed by atoms with E-state index in [2.05, 4.69) is 9.97 Å². The van der Waals surface area contributed by atoms with Crippen molar-refractivity contribution in [1.29, 1.82) is 0 Å². The Labute approximate surface area is 163 Å². The molecule has 4 heterocycles. The van der Waals surface area contributed by atoms with Crippen LogP contribution in [0.4, 0.5) is 0 Å². The first kappa shape index (κ1) is 18.5. The molecule has 0 atom stereocenters. The molecule has 1 spiro atoms. The molecule has 0 radical (unpaired) electrons. The van der Waals surface area contributed by atoms with Crippen molar-refractivity contribution in [1.82, 2.24) is 19.8 Å². The van der Waals surface area contributed by atoms with Crippen LogP contribution in [0.1, 0.15) is 33.7 Å². The lowest BCUT2D eigenvalue weighted by Gasteiger charge is -2.47. The topological polar surface area (TPSA) is 87.8 Å². The number of piperidine rings is 1. The predicted octanol–water partition coefficient (Wildman–Crippen LogP) is 1.57. The first-order valence-electron chi connectivity index (χ1n) is 9.46. The van der Waals surface area contributed by atoms with Crippen molar-refractivity contribution in [3.05, 3.63) is 47.9 Å². The second-order valence-electron chi connectivity index (χ2n) is 7.22. The Balaban J connectivity index is 1.41. The SMILES string of the molecule is COc1cc(C(=O)N2CCOC3(CCN(C(=O)c4ccc[nH]4)CC3)C2)ccn1. The number of carbonyl (C=O) groups excluding carboxylic acids is 2. The summed E-state index contributed by atoms with van der Waals surface area (Å²) in [7, 11) is 1.53. The van der Waals surface area contributed by atoms with Gasteiger partial charge in [0, 0.05) is 43.7 Å². The number of ether oxygens (including phenoxy) is 2. The molecule has 8 heteroatoms. The third-order valence-electron chi connectivity index (χ3n) is 5.52. The highest BCUT2D eigenvalue weighted by atomic mass is 16.5. The smallest absolute Gasteiger partial charge is 0.270 e. The molecule has 0 bridgehead atoms. The van der Waals surface area contributed by atoms with E-state index >= 15 is 0 Å². The number of likely N-dealkylation sites (tertiary alicyclic amines) is 1. The minimum absolute atomic E-state index is 0.00692. The molecule has 2 aromatic heterocycles. The zero-order valence-corrected chi connectivity index (χ0v) is 15.9. The summed E-state index contributed by atoms with van der Waals surface area (Å²) in [6.07, 6.45) is 4.75.